The van der Waals surface area contributed by atoms with Gasteiger partial charge in [0.1, 0.15) is 0 Å². The van der Waals surface area contributed by atoms with Gasteiger partial charge in [0.25, 0.3) is 0 Å². The molecule has 2 heterocycles. The smallest absolute Gasteiger partial charge is 0.223 e. The van der Waals surface area contributed by atoms with E-state index in [4.69, 9.17) is 0 Å². The fourth-order valence-corrected chi connectivity index (χ4v) is 3.70. The topological polar surface area (TPSA) is 38.8 Å². The zero-order valence-electron chi connectivity index (χ0n) is 14.8. The standard InChI is InChI=1S/C19H30N4O/c1-20-17-7-11-23(12-8-17)19(24)9-10-21-13-15-22(16-14-21)18-5-3-2-4-6-18/h2-6,17,20H,7-16H2,1H3. The van der Waals surface area contributed by atoms with E-state index in [1.165, 1.54) is 5.69 Å². The van der Waals surface area contributed by atoms with Gasteiger partial charge in [0.2, 0.25) is 5.91 Å². The lowest BCUT2D eigenvalue weighted by Gasteiger charge is -2.36. The number of rotatable bonds is 5. The molecule has 3 rings (SSSR count). The number of amides is 1. The second kappa shape index (κ2) is 8.49. The van der Waals surface area contributed by atoms with Crippen molar-refractivity contribution in [1.29, 1.82) is 0 Å². The number of carbonyl (C=O) groups excluding carboxylic acids is 1. The normalized spacial score (nSPS) is 20.4. The minimum Gasteiger partial charge on any atom is -0.369 e. The highest BCUT2D eigenvalue weighted by Gasteiger charge is 2.23. The Kier molecular flexibility index (Phi) is 6.10. The van der Waals surface area contributed by atoms with Crippen LogP contribution in [-0.2, 0) is 4.79 Å². The molecule has 5 heteroatoms. The minimum absolute atomic E-state index is 0.329. The Hall–Kier alpha value is -1.59. The predicted molar refractivity (Wildman–Crippen MR) is 98.4 cm³/mol. The fraction of sp³-hybridized carbons (Fsp3) is 0.632. The molecule has 1 aromatic rings. The maximum atomic E-state index is 12.4. The molecule has 2 aliphatic heterocycles. The molecule has 0 saturated carbocycles. The van der Waals surface area contributed by atoms with E-state index < -0.39 is 0 Å². The quantitative estimate of drug-likeness (QED) is 0.886. The molecule has 1 N–H and O–H groups in total. The molecule has 0 aromatic heterocycles. The average Bonchev–Trinajstić information content (AvgIpc) is 2.67. The van der Waals surface area contributed by atoms with Crippen molar-refractivity contribution in [3.63, 3.8) is 0 Å². The highest BCUT2D eigenvalue weighted by molar-refractivity contribution is 5.76. The second-order valence-corrected chi connectivity index (χ2v) is 6.86. The Morgan fingerprint density at radius 3 is 2.33 bits per heavy atom. The van der Waals surface area contributed by atoms with Crippen LogP contribution in [0.2, 0.25) is 0 Å². The summed E-state index contributed by atoms with van der Waals surface area (Å²) in [5.74, 6) is 0.329. The number of benzene rings is 1. The van der Waals surface area contributed by atoms with Gasteiger partial charge in [-0.3, -0.25) is 9.69 Å². The average molecular weight is 330 g/mol. The van der Waals surface area contributed by atoms with Crippen LogP contribution in [0.3, 0.4) is 0 Å². The molecule has 1 amide bonds. The molecule has 0 spiro atoms. The van der Waals surface area contributed by atoms with Crippen LogP contribution >= 0.6 is 0 Å². The number of para-hydroxylation sites is 1. The third-order valence-corrected chi connectivity index (χ3v) is 5.39. The first-order valence-electron chi connectivity index (χ1n) is 9.23. The number of carbonyl (C=O) groups is 1. The number of piperazine rings is 1. The molecule has 0 atom stereocenters. The predicted octanol–water partition coefficient (Wildman–Crippen LogP) is 1.41. The molecule has 0 unspecified atom stereocenters. The van der Waals surface area contributed by atoms with Crippen molar-refractivity contribution in [2.45, 2.75) is 25.3 Å². The molecule has 0 bridgehead atoms. The summed E-state index contributed by atoms with van der Waals surface area (Å²) in [6.45, 7) is 6.90. The SMILES string of the molecule is CNC1CCN(C(=O)CCN2CCN(c3ccccc3)CC2)CC1. The van der Waals surface area contributed by atoms with Crippen molar-refractivity contribution in [1.82, 2.24) is 15.1 Å². The molecule has 2 fully saturated rings. The number of hydrogen-bond donors (Lipinski definition) is 1. The van der Waals surface area contributed by atoms with Gasteiger partial charge < -0.3 is 15.1 Å². The van der Waals surface area contributed by atoms with E-state index in [9.17, 15) is 4.79 Å². The van der Waals surface area contributed by atoms with Crippen molar-refractivity contribution >= 4 is 11.6 Å². The third kappa shape index (κ3) is 4.48. The van der Waals surface area contributed by atoms with Gasteiger partial charge in [-0.05, 0) is 32.0 Å². The van der Waals surface area contributed by atoms with E-state index in [2.05, 4.69) is 45.4 Å². The molecule has 2 aliphatic rings. The van der Waals surface area contributed by atoms with Gasteiger partial charge >= 0.3 is 0 Å². The number of anilines is 1. The molecule has 24 heavy (non-hydrogen) atoms. The van der Waals surface area contributed by atoms with E-state index in [1.807, 2.05) is 11.9 Å². The first-order chi connectivity index (χ1) is 11.8. The Labute approximate surface area is 145 Å². The van der Waals surface area contributed by atoms with E-state index in [-0.39, 0.29) is 0 Å². The van der Waals surface area contributed by atoms with Gasteiger partial charge in [0, 0.05) is 64.0 Å². The Balaban J connectivity index is 1.37. The van der Waals surface area contributed by atoms with Gasteiger partial charge in [0.15, 0.2) is 0 Å². The number of hydrogen-bond acceptors (Lipinski definition) is 4. The van der Waals surface area contributed by atoms with Gasteiger partial charge in [-0.1, -0.05) is 18.2 Å². The first-order valence-corrected chi connectivity index (χ1v) is 9.23. The highest BCUT2D eigenvalue weighted by atomic mass is 16.2. The molecular weight excluding hydrogens is 300 g/mol. The summed E-state index contributed by atoms with van der Waals surface area (Å²) >= 11 is 0. The third-order valence-electron chi connectivity index (χ3n) is 5.39. The summed E-state index contributed by atoms with van der Waals surface area (Å²) in [4.78, 5) is 19.3. The molecule has 1 aromatic carbocycles. The van der Waals surface area contributed by atoms with Gasteiger partial charge in [-0.15, -0.1) is 0 Å². The summed E-state index contributed by atoms with van der Waals surface area (Å²) in [6.07, 6.45) is 2.82. The Bertz CT molecular complexity index is 505. The zero-order valence-corrected chi connectivity index (χ0v) is 14.8. The van der Waals surface area contributed by atoms with Crippen LogP contribution in [0.4, 0.5) is 5.69 Å². The maximum absolute atomic E-state index is 12.4. The van der Waals surface area contributed by atoms with E-state index >= 15 is 0 Å². The monoisotopic (exact) mass is 330 g/mol. The molecule has 5 nitrogen and oxygen atoms in total. The van der Waals surface area contributed by atoms with Gasteiger partial charge in [0.05, 0.1) is 0 Å². The molecule has 2 saturated heterocycles. The highest BCUT2D eigenvalue weighted by Crippen LogP contribution is 2.16. The zero-order chi connectivity index (χ0) is 16.8. The van der Waals surface area contributed by atoms with Crippen LogP contribution < -0.4 is 10.2 Å². The first kappa shape index (κ1) is 17.2. The lowest BCUT2D eigenvalue weighted by molar-refractivity contribution is -0.132. The van der Waals surface area contributed by atoms with E-state index in [1.54, 1.807) is 0 Å². The van der Waals surface area contributed by atoms with Crippen molar-refractivity contribution in [3.05, 3.63) is 30.3 Å². The van der Waals surface area contributed by atoms with Crippen molar-refractivity contribution in [2.75, 3.05) is 57.8 Å². The van der Waals surface area contributed by atoms with E-state index in [0.29, 0.717) is 18.4 Å². The Morgan fingerprint density at radius 2 is 1.71 bits per heavy atom. The van der Waals surface area contributed by atoms with E-state index in [0.717, 1.165) is 58.7 Å². The van der Waals surface area contributed by atoms with Gasteiger partial charge in [-0.25, -0.2) is 0 Å². The largest absolute Gasteiger partial charge is 0.369 e. The summed E-state index contributed by atoms with van der Waals surface area (Å²) in [7, 11) is 2.01. The fourth-order valence-electron chi connectivity index (χ4n) is 3.70. The van der Waals surface area contributed by atoms with Crippen LogP contribution in [0.5, 0.6) is 0 Å². The summed E-state index contributed by atoms with van der Waals surface area (Å²) in [6, 6.07) is 11.2. The van der Waals surface area contributed by atoms with Crippen molar-refractivity contribution in [3.8, 4) is 0 Å². The summed E-state index contributed by atoms with van der Waals surface area (Å²) in [5.41, 5.74) is 1.31. The Morgan fingerprint density at radius 1 is 1.04 bits per heavy atom. The molecule has 0 aliphatic carbocycles. The second-order valence-electron chi connectivity index (χ2n) is 6.86. The van der Waals surface area contributed by atoms with Crippen molar-refractivity contribution < 1.29 is 4.79 Å². The lowest BCUT2D eigenvalue weighted by Crippen LogP contribution is -2.48. The van der Waals surface area contributed by atoms with Crippen molar-refractivity contribution in [2.24, 2.45) is 0 Å². The summed E-state index contributed by atoms with van der Waals surface area (Å²) < 4.78 is 0. The molecule has 0 radical (unpaired) electrons. The molecular formula is C19H30N4O. The van der Waals surface area contributed by atoms with Crippen LogP contribution in [0.25, 0.3) is 0 Å². The van der Waals surface area contributed by atoms with Crippen LogP contribution in [0, 0.1) is 0 Å². The number of likely N-dealkylation sites (tertiary alicyclic amines) is 1. The minimum atomic E-state index is 0.329. The number of nitrogens with one attached hydrogen (secondary N) is 1. The maximum Gasteiger partial charge on any atom is 0.223 e. The van der Waals surface area contributed by atoms with Crippen LogP contribution in [0.15, 0.2) is 30.3 Å². The number of piperidine rings is 1. The lowest BCUT2D eigenvalue weighted by atomic mass is 10.1. The van der Waals surface area contributed by atoms with Gasteiger partial charge in [-0.2, -0.15) is 0 Å². The van der Waals surface area contributed by atoms with Crippen LogP contribution in [-0.4, -0.2) is 74.6 Å². The number of nitrogens with zero attached hydrogens (tertiary/aromatic N) is 3. The molecule has 132 valence electrons. The van der Waals surface area contributed by atoms with Crippen LogP contribution in [0.1, 0.15) is 19.3 Å². The summed E-state index contributed by atoms with van der Waals surface area (Å²) in [5, 5.41) is 3.31.